The van der Waals surface area contributed by atoms with Crippen molar-refractivity contribution in [1.29, 1.82) is 0 Å². The normalized spacial score (nSPS) is 10.9. The summed E-state index contributed by atoms with van der Waals surface area (Å²) in [6.45, 7) is 0. The van der Waals surface area contributed by atoms with Gasteiger partial charge in [0.25, 0.3) is 0 Å². The van der Waals surface area contributed by atoms with E-state index in [0.29, 0.717) is 10.6 Å². The van der Waals surface area contributed by atoms with Crippen LogP contribution in [0.2, 0.25) is 0 Å². The van der Waals surface area contributed by atoms with E-state index in [1.807, 2.05) is 30.5 Å². The fraction of sp³-hybridized carbons (Fsp3) is 0.0526. The quantitative estimate of drug-likeness (QED) is 0.564. The SMILES string of the molecule is O=C(Cc1cnc(-c2ccccc2F)s1)Nc1ccc2cc[nH]c2c1. The summed E-state index contributed by atoms with van der Waals surface area (Å²) in [5.74, 6) is -0.443. The number of aromatic amines is 1. The molecule has 2 aromatic heterocycles. The summed E-state index contributed by atoms with van der Waals surface area (Å²) in [6.07, 6.45) is 3.69. The maximum Gasteiger partial charge on any atom is 0.229 e. The first kappa shape index (κ1) is 15.5. The number of carbonyl (C=O) groups is 1. The third-order valence-corrected chi connectivity index (χ3v) is 4.86. The Bertz CT molecular complexity index is 1050. The van der Waals surface area contributed by atoms with Gasteiger partial charge in [-0.1, -0.05) is 18.2 Å². The number of H-pyrrole nitrogens is 1. The number of nitrogens with zero attached hydrogens (tertiary/aromatic N) is 1. The Hall–Kier alpha value is -2.99. The van der Waals surface area contributed by atoms with Gasteiger partial charge in [-0.2, -0.15) is 0 Å². The van der Waals surface area contributed by atoms with Gasteiger partial charge in [-0.15, -0.1) is 11.3 Å². The highest BCUT2D eigenvalue weighted by molar-refractivity contribution is 7.15. The van der Waals surface area contributed by atoms with Gasteiger partial charge in [0.2, 0.25) is 5.91 Å². The van der Waals surface area contributed by atoms with Crippen LogP contribution in [0.25, 0.3) is 21.5 Å². The molecule has 2 heterocycles. The van der Waals surface area contributed by atoms with Gasteiger partial charge in [0.1, 0.15) is 10.8 Å². The summed E-state index contributed by atoms with van der Waals surface area (Å²) in [6, 6.07) is 14.2. The number of carbonyl (C=O) groups excluding carboxylic acids is 1. The zero-order valence-corrected chi connectivity index (χ0v) is 13.9. The maximum atomic E-state index is 13.8. The molecule has 0 bridgehead atoms. The molecule has 0 radical (unpaired) electrons. The number of aromatic nitrogens is 2. The third-order valence-electron chi connectivity index (χ3n) is 3.83. The first-order chi connectivity index (χ1) is 12.2. The number of benzene rings is 2. The van der Waals surface area contributed by atoms with Gasteiger partial charge in [-0.3, -0.25) is 4.79 Å². The molecule has 1 amide bonds. The summed E-state index contributed by atoms with van der Waals surface area (Å²) < 4.78 is 13.8. The van der Waals surface area contributed by atoms with E-state index in [1.165, 1.54) is 17.4 Å². The Labute approximate surface area is 147 Å². The van der Waals surface area contributed by atoms with Gasteiger partial charge in [0, 0.05) is 34.0 Å². The molecule has 0 spiro atoms. The molecule has 4 nitrogen and oxygen atoms in total. The van der Waals surface area contributed by atoms with Crippen LogP contribution in [-0.4, -0.2) is 15.9 Å². The lowest BCUT2D eigenvalue weighted by molar-refractivity contribution is -0.115. The predicted octanol–water partition coefficient (Wildman–Crippen LogP) is 4.61. The van der Waals surface area contributed by atoms with Crippen molar-refractivity contribution >= 4 is 33.8 Å². The van der Waals surface area contributed by atoms with Crippen molar-refractivity contribution in [3.8, 4) is 10.6 Å². The molecular weight excluding hydrogens is 337 g/mol. The highest BCUT2D eigenvalue weighted by Gasteiger charge is 2.12. The van der Waals surface area contributed by atoms with Crippen LogP contribution in [0, 0.1) is 5.82 Å². The molecule has 0 fully saturated rings. The molecule has 0 unspecified atom stereocenters. The minimum absolute atomic E-state index is 0.130. The fourth-order valence-corrected chi connectivity index (χ4v) is 3.58. The zero-order valence-electron chi connectivity index (χ0n) is 13.1. The Morgan fingerprint density at radius 1 is 1.20 bits per heavy atom. The fourth-order valence-electron chi connectivity index (χ4n) is 2.64. The first-order valence-corrected chi connectivity index (χ1v) is 8.57. The van der Waals surface area contributed by atoms with Crippen LogP contribution in [0.1, 0.15) is 4.88 Å². The molecule has 0 aliphatic heterocycles. The van der Waals surface area contributed by atoms with Crippen LogP contribution in [-0.2, 0) is 11.2 Å². The Balaban J connectivity index is 1.47. The molecule has 124 valence electrons. The average molecular weight is 351 g/mol. The topological polar surface area (TPSA) is 57.8 Å². The molecule has 0 saturated carbocycles. The first-order valence-electron chi connectivity index (χ1n) is 7.76. The van der Waals surface area contributed by atoms with Crippen LogP contribution in [0.3, 0.4) is 0 Å². The van der Waals surface area contributed by atoms with E-state index in [1.54, 1.807) is 24.4 Å². The van der Waals surface area contributed by atoms with E-state index >= 15 is 0 Å². The predicted molar refractivity (Wildman–Crippen MR) is 98.1 cm³/mol. The maximum absolute atomic E-state index is 13.8. The van der Waals surface area contributed by atoms with Gasteiger partial charge >= 0.3 is 0 Å². The molecule has 2 N–H and O–H groups in total. The summed E-state index contributed by atoms with van der Waals surface area (Å²) >= 11 is 1.32. The Kier molecular flexibility index (Phi) is 4.03. The van der Waals surface area contributed by atoms with Gasteiger partial charge < -0.3 is 10.3 Å². The van der Waals surface area contributed by atoms with Crippen molar-refractivity contribution in [3.05, 3.63) is 71.6 Å². The number of anilines is 1. The third kappa shape index (κ3) is 3.29. The van der Waals surface area contributed by atoms with Crippen LogP contribution in [0.15, 0.2) is 60.9 Å². The second-order valence-electron chi connectivity index (χ2n) is 5.62. The van der Waals surface area contributed by atoms with Crippen molar-refractivity contribution in [3.63, 3.8) is 0 Å². The molecule has 25 heavy (non-hydrogen) atoms. The minimum atomic E-state index is -0.313. The van der Waals surface area contributed by atoms with Gasteiger partial charge in [0.15, 0.2) is 0 Å². The van der Waals surface area contributed by atoms with Crippen LogP contribution in [0.5, 0.6) is 0 Å². The number of amides is 1. The number of fused-ring (bicyclic) bond motifs is 1. The lowest BCUT2D eigenvalue weighted by Gasteiger charge is -2.04. The summed E-state index contributed by atoms with van der Waals surface area (Å²) in [4.78, 5) is 20.4. The lowest BCUT2D eigenvalue weighted by atomic mass is 10.2. The monoisotopic (exact) mass is 351 g/mol. The van der Waals surface area contributed by atoms with Gasteiger partial charge in [-0.25, -0.2) is 9.37 Å². The molecule has 0 saturated heterocycles. The number of nitrogens with one attached hydrogen (secondary N) is 2. The van der Waals surface area contributed by atoms with Crippen molar-refractivity contribution in [1.82, 2.24) is 9.97 Å². The molecule has 0 aliphatic carbocycles. The minimum Gasteiger partial charge on any atom is -0.361 e. The summed E-state index contributed by atoms with van der Waals surface area (Å²) in [5, 5.41) is 4.55. The van der Waals surface area contributed by atoms with Crippen molar-refractivity contribution in [2.24, 2.45) is 0 Å². The molecule has 6 heteroatoms. The molecule has 2 aromatic carbocycles. The van der Waals surface area contributed by atoms with Gasteiger partial charge in [-0.05, 0) is 35.7 Å². The molecule has 4 aromatic rings. The number of halogens is 1. The van der Waals surface area contributed by atoms with E-state index in [-0.39, 0.29) is 18.1 Å². The summed E-state index contributed by atoms with van der Waals surface area (Å²) in [7, 11) is 0. The summed E-state index contributed by atoms with van der Waals surface area (Å²) in [5.41, 5.74) is 2.16. The van der Waals surface area contributed by atoms with E-state index < -0.39 is 0 Å². The van der Waals surface area contributed by atoms with Crippen molar-refractivity contribution in [2.75, 3.05) is 5.32 Å². The Morgan fingerprint density at radius 2 is 2.08 bits per heavy atom. The lowest BCUT2D eigenvalue weighted by Crippen LogP contribution is -2.13. The second-order valence-corrected chi connectivity index (χ2v) is 6.73. The largest absolute Gasteiger partial charge is 0.361 e. The zero-order chi connectivity index (χ0) is 17.2. The highest BCUT2D eigenvalue weighted by Crippen LogP contribution is 2.27. The van der Waals surface area contributed by atoms with Crippen molar-refractivity contribution in [2.45, 2.75) is 6.42 Å². The van der Waals surface area contributed by atoms with E-state index in [4.69, 9.17) is 0 Å². The number of thiazole rings is 1. The molecule has 4 rings (SSSR count). The van der Waals surface area contributed by atoms with Crippen LogP contribution in [0.4, 0.5) is 10.1 Å². The molecule has 0 atom stereocenters. The van der Waals surface area contributed by atoms with Crippen LogP contribution >= 0.6 is 11.3 Å². The van der Waals surface area contributed by atoms with Crippen molar-refractivity contribution < 1.29 is 9.18 Å². The highest BCUT2D eigenvalue weighted by atomic mass is 32.1. The number of rotatable bonds is 4. The second kappa shape index (κ2) is 6.49. The number of hydrogen-bond donors (Lipinski definition) is 2. The van der Waals surface area contributed by atoms with E-state index in [0.717, 1.165) is 21.5 Å². The average Bonchev–Trinajstić information content (AvgIpc) is 3.24. The Morgan fingerprint density at radius 3 is 2.96 bits per heavy atom. The molecular formula is C19H14FN3OS. The standard InChI is InChI=1S/C19H14FN3OS/c20-16-4-2-1-3-15(16)19-22-11-14(25-19)10-18(24)23-13-6-5-12-7-8-21-17(12)9-13/h1-9,11,21H,10H2,(H,23,24). The van der Waals surface area contributed by atoms with Crippen LogP contribution < -0.4 is 5.32 Å². The molecule has 0 aliphatic rings. The van der Waals surface area contributed by atoms with E-state index in [9.17, 15) is 9.18 Å². The van der Waals surface area contributed by atoms with E-state index in [2.05, 4.69) is 15.3 Å². The number of hydrogen-bond acceptors (Lipinski definition) is 3. The smallest absolute Gasteiger partial charge is 0.229 e. The van der Waals surface area contributed by atoms with Gasteiger partial charge in [0.05, 0.1) is 6.42 Å².